The molecular formula is C25H38O6S2. The smallest absolute Gasteiger partial charge is 0.294 e. The number of ether oxygens (including phenoxy) is 3. The van der Waals surface area contributed by atoms with Gasteiger partial charge in [-0.3, -0.25) is 4.55 Å². The quantitative estimate of drug-likeness (QED) is 0.358. The van der Waals surface area contributed by atoms with E-state index in [0.29, 0.717) is 17.2 Å². The molecule has 2 aromatic rings. The average molecular weight is 499 g/mol. The normalized spacial score (nSPS) is 12.5. The minimum Gasteiger partial charge on any atom is -0.484 e. The summed E-state index contributed by atoms with van der Waals surface area (Å²) in [5, 5.41) is 0. The third-order valence-corrected chi connectivity index (χ3v) is 4.83. The van der Waals surface area contributed by atoms with Crippen LogP contribution in [-0.2, 0) is 10.1 Å². The Labute approximate surface area is 204 Å². The molecule has 0 atom stereocenters. The number of rotatable bonds is 4. The molecule has 1 N–H and O–H groups in total. The third kappa shape index (κ3) is 11.2. The van der Waals surface area contributed by atoms with Crippen molar-refractivity contribution >= 4 is 22.7 Å². The van der Waals surface area contributed by atoms with Crippen molar-refractivity contribution in [2.75, 3.05) is 0 Å². The summed E-state index contributed by atoms with van der Waals surface area (Å²) in [5.74, 6) is 1.89. The Morgan fingerprint density at radius 2 is 1.12 bits per heavy atom. The van der Waals surface area contributed by atoms with Crippen molar-refractivity contribution in [2.45, 2.75) is 95.8 Å². The molecule has 0 bridgehead atoms. The van der Waals surface area contributed by atoms with Crippen LogP contribution in [0.5, 0.6) is 17.2 Å². The van der Waals surface area contributed by atoms with Gasteiger partial charge < -0.3 is 14.2 Å². The van der Waals surface area contributed by atoms with Gasteiger partial charge in [0.25, 0.3) is 10.1 Å². The van der Waals surface area contributed by atoms with E-state index in [1.54, 1.807) is 12.1 Å². The predicted molar refractivity (Wildman–Crippen MR) is 136 cm³/mol. The van der Waals surface area contributed by atoms with Crippen molar-refractivity contribution in [1.29, 1.82) is 0 Å². The Hall–Kier alpha value is -1.90. The second kappa shape index (κ2) is 10.6. The molecule has 33 heavy (non-hydrogen) atoms. The molecule has 0 heterocycles. The van der Waals surface area contributed by atoms with Crippen molar-refractivity contribution in [3.63, 3.8) is 0 Å². The summed E-state index contributed by atoms with van der Waals surface area (Å²) < 4.78 is 47.8. The predicted octanol–water partition coefficient (Wildman–Crippen LogP) is 6.75. The molecule has 0 amide bonds. The molecule has 2 aromatic carbocycles. The fraction of sp³-hybridized carbons (Fsp3) is 0.520. The van der Waals surface area contributed by atoms with E-state index in [2.05, 4.69) is 12.6 Å². The molecular weight excluding hydrogens is 460 g/mol. The first kappa shape index (κ1) is 29.1. The Kier molecular flexibility index (Phi) is 9.33. The van der Waals surface area contributed by atoms with E-state index in [1.807, 2.05) is 81.4 Å². The largest absolute Gasteiger partial charge is 0.484 e. The molecule has 0 spiro atoms. The minimum atomic E-state index is -4.02. The summed E-state index contributed by atoms with van der Waals surface area (Å²) in [6.45, 7) is 19.9. The van der Waals surface area contributed by atoms with Crippen LogP contribution in [0.4, 0.5) is 0 Å². The lowest BCUT2D eigenvalue weighted by Gasteiger charge is -2.31. The molecule has 2 rings (SSSR count). The zero-order valence-corrected chi connectivity index (χ0v) is 23.0. The van der Waals surface area contributed by atoms with Gasteiger partial charge in [-0.2, -0.15) is 8.42 Å². The monoisotopic (exact) mass is 498 g/mol. The van der Waals surface area contributed by atoms with Crippen LogP contribution in [-0.4, -0.2) is 29.8 Å². The van der Waals surface area contributed by atoms with Crippen LogP contribution in [0.1, 0.15) is 67.9 Å². The van der Waals surface area contributed by atoms with Crippen LogP contribution < -0.4 is 14.2 Å². The Bertz CT molecular complexity index is 1020. The number of benzene rings is 2. The van der Waals surface area contributed by atoms with Crippen LogP contribution in [0.25, 0.3) is 0 Å². The zero-order chi connectivity index (χ0) is 25.8. The van der Waals surface area contributed by atoms with Gasteiger partial charge in [-0.15, -0.1) is 12.6 Å². The number of thiol groups is 1. The van der Waals surface area contributed by atoms with Gasteiger partial charge in [-0.25, -0.2) is 0 Å². The van der Waals surface area contributed by atoms with Gasteiger partial charge in [0.1, 0.15) is 16.8 Å². The fourth-order valence-corrected chi connectivity index (χ4v) is 3.16. The first-order valence-electron chi connectivity index (χ1n) is 10.7. The van der Waals surface area contributed by atoms with Crippen molar-refractivity contribution in [2.24, 2.45) is 0 Å². The van der Waals surface area contributed by atoms with Gasteiger partial charge in [0, 0.05) is 0 Å². The van der Waals surface area contributed by atoms with Crippen LogP contribution in [0.15, 0.2) is 46.2 Å². The van der Waals surface area contributed by atoms with E-state index >= 15 is 0 Å². The summed E-state index contributed by atoms with van der Waals surface area (Å²) in [4.78, 5) is 0.665. The molecule has 0 aliphatic heterocycles. The highest BCUT2D eigenvalue weighted by Gasteiger charge is 2.27. The number of hydrogen-bond acceptors (Lipinski definition) is 6. The Morgan fingerprint density at radius 1 is 0.697 bits per heavy atom. The van der Waals surface area contributed by atoms with E-state index in [-0.39, 0.29) is 21.7 Å². The number of aryl methyl sites for hydroxylation is 1. The summed E-state index contributed by atoms with van der Waals surface area (Å²) in [6.07, 6.45) is 0. The molecule has 0 saturated carbocycles. The molecule has 0 aliphatic carbocycles. The topological polar surface area (TPSA) is 82.1 Å². The van der Waals surface area contributed by atoms with Crippen LogP contribution in [0, 0.1) is 6.92 Å². The Balaban J connectivity index is 0.000000412. The van der Waals surface area contributed by atoms with Gasteiger partial charge in [0.05, 0.1) is 9.79 Å². The third-order valence-electron chi connectivity index (χ3n) is 3.61. The minimum absolute atomic E-state index is 0.0666. The van der Waals surface area contributed by atoms with E-state index in [0.717, 1.165) is 10.5 Å². The SMILES string of the molecule is CC(C)(C)Oc1ccc(S)c(OC(C)(C)C)c1OC(C)(C)C.Cc1ccc(S(=O)(=O)O)cc1. The molecule has 0 aliphatic rings. The van der Waals surface area contributed by atoms with Crippen molar-refractivity contribution in [1.82, 2.24) is 0 Å². The first-order valence-corrected chi connectivity index (χ1v) is 12.5. The second-order valence-corrected chi connectivity index (χ2v) is 12.6. The van der Waals surface area contributed by atoms with Gasteiger partial charge in [0.15, 0.2) is 11.5 Å². The van der Waals surface area contributed by atoms with Crippen molar-refractivity contribution in [3.05, 3.63) is 42.0 Å². The molecule has 186 valence electrons. The first-order chi connectivity index (χ1) is 14.7. The molecule has 0 saturated heterocycles. The fourth-order valence-electron chi connectivity index (χ4n) is 2.46. The van der Waals surface area contributed by atoms with Crippen molar-refractivity contribution in [3.8, 4) is 17.2 Å². The maximum atomic E-state index is 10.5. The van der Waals surface area contributed by atoms with Crippen molar-refractivity contribution < 1.29 is 27.2 Å². The molecule has 0 aromatic heterocycles. The maximum Gasteiger partial charge on any atom is 0.294 e. The van der Waals surface area contributed by atoms with Crippen LogP contribution >= 0.6 is 12.6 Å². The standard InChI is InChI=1S/C18H30O3S.C7H8O3S/c1-16(2,3)19-12-10-11-13(22)15(21-18(7,8)9)14(12)20-17(4,5)6;1-6-2-4-7(5-3-6)11(8,9)10/h10-11,22H,1-9H3;2-5H,1H3,(H,8,9,10). The molecule has 0 unspecified atom stereocenters. The van der Waals surface area contributed by atoms with Gasteiger partial charge in [-0.1, -0.05) is 17.7 Å². The molecule has 8 heteroatoms. The summed E-state index contributed by atoms with van der Waals surface area (Å²) in [6, 6.07) is 9.74. The molecule has 0 fully saturated rings. The van der Waals surface area contributed by atoms with Crippen LogP contribution in [0.2, 0.25) is 0 Å². The Morgan fingerprint density at radius 3 is 1.52 bits per heavy atom. The van der Waals surface area contributed by atoms with E-state index in [4.69, 9.17) is 18.8 Å². The summed E-state index contributed by atoms with van der Waals surface area (Å²) in [7, 11) is -4.02. The molecule has 6 nitrogen and oxygen atoms in total. The maximum absolute atomic E-state index is 10.5. The zero-order valence-electron chi connectivity index (χ0n) is 21.3. The van der Waals surface area contributed by atoms with Crippen LogP contribution in [0.3, 0.4) is 0 Å². The van der Waals surface area contributed by atoms with E-state index in [1.165, 1.54) is 12.1 Å². The van der Waals surface area contributed by atoms with Gasteiger partial charge in [-0.05, 0) is 93.5 Å². The summed E-state index contributed by atoms with van der Waals surface area (Å²) >= 11 is 4.53. The van der Waals surface area contributed by atoms with E-state index in [9.17, 15) is 8.42 Å². The average Bonchev–Trinajstić information content (AvgIpc) is 2.57. The van der Waals surface area contributed by atoms with Gasteiger partial charge >= 0.3 is 0 Å². The lowest BCUT2D eigenvalue weighted by atomic mass is 10.1. The van der Waals surface area contributed by atoms with E-state index < -0.39 is 10.1 Å². The lowest BCUT2D eigenvalue weighted by molar-refractivity contribution is 0.0755. The number of hydrogen-bond donors (Lipinski definition) is 2. The second-order valence-electron chi connectivity index (χ2n) is 10.7. The highest BCUT2D eigenvalue weighted by atomic mass is 32.2. The lowest BCUT2D eigenvalue weighted by Crippen LogP contribution is -2.28. The highest BCUT2D eigenvalue weighted by Crippen LogP contribution is 2.46. The molecule has 0 radical (unpaired) electrons. The summed E-state index contributed by atoms with van der Waals surface area (Å²) in [5.41, 5.74) is -0.0912. The highest BCUT2D eigenvalue weighted by molar-refractivity contribution is 7.85. The van der Waals surface area contributed by atoms with Gasteiger partial charge in [0.2, 0.25) is 5.75 Å².